The quantitative estimate of drug-likeness (QED) is 0.890. The SMILES string of the molecule is COc1cccc(C(=O)NCCc2ccsc2)c1OC. The second-order valence-corrected chi connectivity index (χ2v) is 4.96. The summed E-state index contributed by atoms with van der Waals surface area (Å²) in [4.78, 5) is 12.2. The standard InChI is InChI=1S/C15H17NO3S/c1-18-13-5-3-4-12(14(13)19-2)15(17)16-8-6-11-7-9-20-10-11/h3-5,7,9-10H,6,8H2,1-2H3,(H,16,17). The van der Waals surface area contributed by atoms with Crippen LogP contribution in [0.15, 0.2) is 35.0 Å². The molecule has 1 N–H and O–H groups in total. The largest absolute Gasteiger partial charge is 0.493 e. The van der Waals surface area contributed by atoms with Gasteiger partial charge in [-0.15, -0.1) is 0 Å². The van der Waals surface area contributed by atoms with E-state index in [0.29, 0.717) is 23.6 Å². The van der Waals surface area contributed by atoms with Crippen LogP contribution in [-0.2, 0) is 6.42 Å². The third kappa shape index (κ3) is 3.30. The molecule has 20 heavy (non-hydrogen) atoms. The highest BCUT2D eigenvalue weighted by atomic mass is 32.1. The minimum Gasteiger partial charge on any atom is -0.493 e. The predicted molar refractivity (Wildman–Crippen MR) is 79.9 cm³/mol. The van der Waals surface area contributed by atoms with Crippen LogP contribution in [0.5, 0.6) is 11.5 Å². The minimum absolute atomic E-state index is 0.157. The summed E-state index contributed by atoms with van der Waals surface area (Å²) in [6.45, 7) is 0.593. The van der Waals surface area contributed by atoms with Crippen molar-refractivity contribution in [3.05, 3.63) is 46.2 Å². The van der Waals surface area contributed by atoms with Gasteiger partial charge in [0.15, 0.2) is 11.5 Å². The van der Waals surface area contributed by atoms with E-state index < -0.39 is 0 Å². The minimum atomic E-state index is -0.157. The Kier molecular flexibility index (Phi) is 5.01. The highest BCUT2D eigenvalue weighted by molar-refractivity contribution is 7.07. The van der Waals surface area contributed by atoms with Gasteiger partial charge in [0.05, 0.1) is 19.8 Å². The lowest BCUT2D eigenvalue weighted by molar-refractivity contribution is 0.0950. The first kappa shape index (κ1) is 14.4. The normalized spacial score (nSPS) is 10.1. The molecule has 0 aliphatic rings. The summed E-state index contributed by atoms with van der Waals surface area (Å²) in [6, 6.07) is 7.32. The first-order valence-electron chi connectivity index (χ1n) is 6.26. The molecule has 5 heteroatoms. The van der Waals surface area contributed by atoms with E-state index in [2.05, 4.69) is 16.8 Å². The maximum Gasteiger partial charge on any atom is 0.255 e. The molecule has 0 aliphatic carbocycles. The number of para-hydroxylation sites is 1. The van der Waals surface area contributed by atoms with E-state index in [4.69, 9.17) is 9.47 Å². The zero-order chi connectivity index (χ0) is 14.4. The zero-order valence-corrected chi connectivity index (χ0v) is 12.3. The molecule has 4 nitrogen and oxygen atoms in total. The molecule has 1 heterocycles. The van der Waals surface area contributed by atoms with Crippen molar-refractivity contribution in [1.29, 1.82) is 0 Å². The van der Waals surface area contributed by atoms with E-state index in [0.717, 1.165) is 6.42 Å². The van der Waals surface area contributed by atoms with Crippen LogP contribution in [0.4, 0.5) is 0 Å². The molecule has 2 aromatic rings. The lowest BCUT2D eigenvalue weighted by atomic mass is 10.1. The Morgan fingerprint density at radius 2 is 2.10 bits per heavy atom. The van der Waals surface area contributed by atoms with Gasteiger partial charge >= 0.3 is 0 Å². The molecule has 2 rings (SSSR count). The van der Waals surface area contributed by atoms with Crippen molar-refractivity contribution in [1.82, 2.24) is 5.32 Å². The number of methoxy groups -OCH3 is 2. The molecule has 0 saturated heterocycles. The molecule has 0 saturated carbocycles. The molecule has 0 atom stereocenters. The van der Waals surface area contributed by atoms with Crippen molar-refractivity contribution >= 4 is 17.2 Å². The summed E-state index contributed by atoms with van der Waals surface area (Å²) >= 11 is 1.66. The van der Waals surface area contributed by atoms with Crippen molar-refractivity contribution in [2.24, 2.45) is 0 Å². The fourth-order valence-electron chi connectivity index (χ4n) is 1.92. The van der Waals surface area contributed by atoms with Crippen LogP contribution in [0, 0.1) is 0 Å². The molecular weight excluding hydrogens is 274 g/mol. The first-order valence-corrected chi connectivity index (χ1v) is 7.20. The Labute approximate surface area is 122 Å². The summed E-state index contributed by atoms with van der Waals surface area (Å²) in [5.41, 5.74) is 1.71. The van der Waals surface area contributed by atoms with Crippen LogP contribution in [0.3, 0.4) is 0 Å². The highest BCUT2D eigenvalue weighted by Gasteiger charge is 2.15. The van der Waals surface area contributed by atoms with E-state index in [-0.39, 0.29) is 5.91 Å². The molecule has 0 unspecified atom stereocenters. The van der Waals surface area contributed by atoms with Gasteiger partial charge in [0.2, 0.25) is 0 Å². The third-order valence-corrected chi connectivity index (χ3v) is 3.66. The molecule has 0 bridgehead atoms. The zero-order valence-electron chi connectivity index (χ0n) is 11.5. The van der Waals surface area contributed by atoms with Crippen LogP contribution < -0.4 is 14.8 Å². The van der Waals surface area contributed by atoms with Gasteiger partial charge in [-0.3, -0.25) is 4.79 Å². The average Bonchev–Trinajstić information content (AvgIpc) is 2.99. The van der Waals surface area contributed by atoms with Crippen LogP contribution in [0.25, 0.3) is 0 Å². The summed E-state index contributed by atoms with van der Waals surface area (Å²) in [7, 11) is 3.08. The number of hydrogen-bond donors (Lipinski definition) is 1. The summed E-state index contributed by atoms with van der Waals surface area (Å²) < 4.78 is 10.4. The van der Waals surface area contributed by atoms with Gasteiger partial charge in [-0.05, 0) is 40.9 Å². The highest BCUT2D eigenvalue weighted by Crippen LogP contribution is 2.30. The van der Waals surface area contributed by atoms with E-state index in [1.165, 1.54) is 12.7 Å². The van der Waals surface area contributed by atoms with Gasteiger partial charge in [-0.25, -0.2) is 0 Å². The number of hydrogen-bond acceptors (Lipinski definition) is 4. The van der Waals surface area contributed by atoms with Crippen molar-refractivity contribution in [2.45, 2.75) is 6.42 Å². The van der Waals surface area contributed by atoms with Gasteiger partial charge in [0.1, 0.15) is 0 Å². The Hall–Kier alpha value is -2.01. The molecule has 106 valence electrons. The number of rotatable bonds is 6. The van der Waals surface area contributed by atoms with Crippen LogP contribution in [0.1, 0.15) is 15.9 Å². The van der Waals surface area contributed by atoms with E-state index in [1.54, 1.807) is 36.6 Å². The fraction of sp³-hybridized carbons (Fsp3) is 0.267. The van der Waals surface area contributed by atoms with Gasteiger partial charge < -0.3 is 14.8 Å². The molecule has 1 amide bonds. The molecule has 1 aromatic carbocycles. The first-order chi connectivity index (χ1) is 9.76. The van der Waals surface area contributed by atoms with Crippen LogP contribution in [0.2, 0.25) is 0 Å². The average molecular weight is 291 g/mol. The number of carbonyl (C=O) groups excluding carboxylic acids is 1. The summed E-state index contributed by atoms with van der Waals surface area (Å²) in [5, 5.41) is 7.01. The van der Waals surface area contributed by atoms with E-state index in [9.17, 15) is 4.79 Å². The monoisotopic (exact) mass is 291 g/mol. The van der Waals surface area contributed by atoms with E-state index >= 15 is 0 Å². The number of carbonyl (C=O) groups is 1. The molecule has 1 aromatic heterocycles. The van der Waals surface area contributed by atoms with Crippen LogP contribution >= 0.6 is 11.3 Å². The molecule has 0 radical (unpaired) electrons. The Morgan fingerprint density at radius 1 is 1.25 bits per heavy atom. The van der Waals surface area contributed by atoms with E-state index in [1.807, 2.05) is 5.38 Å². The Balaban J connectivity index is 2.01. The fourth-order valence-corrected chi connectivity index (χ4v) is 2.62. The summed E-state index contributed by atoms with van der Waals surface area (Å²) in [5.74, 6) is 0.858. The lowest BCUT2D eigenvalue weighted by Crippen LogP contribution is -2.26. The van der Waals surface area contributed by atoms with Gasteiger partial charge in [0, 0.05) is 6.54 Å². The van der Waals surface area contributed by atoms with Gasteiger partial charge in [-0.1, -0.05) is 6.07 Å². The van der Waals surface area contributed by atoms with Crippen molar-refractivity contribution in [3.8, 4) is 11.5 Å². The number of nitrogens with one attached hydrogen (secondary N) is 1. The second kappa shape index (κ2) is 6.96. The number of ether oxygens (including phenoxy) is 2. The lowest BCUT2D eigenvalue weighted by Gasteiger charge is -2.12. The third-order valence-electron chi connectivity index (χ3n) is 2.93. The smallest absolute Gasteiger partial charge is 0.255 e. The maximum atomic E-state index is 12.2. The maximum absolute atomic E-state index is 12.2. The summed E-state index contributed by atoms with van der Waals surface area (Å²) in [6.07, 6.45) is 0.821. The van der Waals surface area contributed by atoms with Gasteiger partial charge in [-0.2, -0.15) is 11.3 Å². The number of thiophene rings is 1. The molecule has 0 aliphatic heterocycles. The van der Waals surface area contributed by atoms with Gasteiger partial charge in [0.25, 0.3) is 5.91 Å². The number of amides is 1. The van der Waals surface area contributed by atoms with Crippen LogP contribution in [-0.4, -0.2) is 26.7 Å². The second-order valence-electron chi connectivity index (χ2n) is 4.18. The van der Waals surface area contributed by atoms with Crippen molar-refractivity contribution in [2.75, 3.05) is 20.8 Å². The van der Waals surface area contributed by atoms with Crippen molar-refractivity contribution < 1.29 is 14.3 Å². The Bertz CT molecular complexity index is 567. The van der Waals surface area contributed by atoms with Crippen molar-refractivity contribution in [3.63, 3.8) is 0 Å². The Morgan fingerprint density at radius 3 is 2.75 bits per heavy atom. The number of benzene rings is 1. The molecule has 0 fully saturated rings. The molecule has 0 spiro atoms. The topological polar surface area (TPSA) is 47.6 Å². The molecular formula is C15H17NO3S. The predicted octanol–water partition coefficient (Wildman–Crippen LogP) is 2.74.